The Balaban J connectivity index is 2.30. The molecule has 2 heterocycles. The van der Waals surface area contributed by atoms with E-state index in [1.165, 1.54) is 13.8 Å². The Morgan fingerprint density at radius 3 is 2.58 bits per heavy atom. The highest BCUT2D eigenvalue weighted by Gasteiger charge is 2.25. The maximum atomic E-state index is 14.1. The molecule has 0 amide bonds. The van der Waals surface area contributed by atoms with E-state index < -0.39 is 5.67 Å². The summed E-state index contributed by atoms with van der Waals surface area (Å²) in [6.45, 7) is 8.61. The van der Waals surface area contributed by atoms with Gasteiger partial charge in [0.1, 0.15) is 5.01 Å². The van der Waals surface area contributed by atoms with Gasteiger partial charge in [0, 0.05) is 18.8 Å². The largest absolute Gasteiger partial charge is 0.368 e. The minimum absolute atomic E-state index is 0.00299. The highest BCUT2D eigenvalue weighted by atomic mass is 32.1. The SMILES string of the molecule is C/C=C(\C=N/C)c1nc(C)c(C(C)Nc2nc(N)nc(C(C)(C)F)n2)s1. The molecule has 2 rings (SSSR count). The average molecular weight is 377 g/mol. The molecule has 0 saturated carbocycles. The molecule has 1 unspecified atom stereocenters. The highest BCUT2D eigenvalue weighted by Crippen LogP contribution is 2.30. The number of nitrogens with two attached hydrogens (primary N) is 1. The minimum Gasteiger partial charge on any atom is -0.368 e. The fourth-order valence-corrected chi connectivity index (χ4v) is 3.42. The molecule has 0 aliphatic heterocycles. The molecule has 7 nitrogen and oxygen atoms in total. The Hall–Kier alpha value is -2.42. The Morgan fingerprint density at radius 2 is 2.00 bits per heavy atom. The molecule has 0 radical (unpaired) electrons. The molecule has 2 aromatic rings. The van der Waals surface area contributed by atoms with Crippen LogP contribution in [0.4, 0.5) is 16.3 Å². The molecule has 26 heavy (non-hydrogen) atoms. The number of rotatable bonds is 6. The van der Waals surface area contributed by atoms with Crippen molar-refractivity contribution in [3.8, 4) is 0 Å². The minimum atomic E-state index is -1.70. The zero-order chi connectivity index (χ0) is 19.5. The predicted molar refractivity (Wildman–Crippen MR) is 105 cm³/mol. The van der Waals surface area contributed by atoms with Crippen LogP contribution < -0.4 is 11.1 Å². The number of thiazole rings is 1. The summed E-state index contributed by atoms with van der Waals surface area (Å²) >= 11 is 1.56. The summed E-state index contributed by atoms with van der Waals surface area (Å²) in [5.74, 6) is 0.214. The predicted octanol–water partition coefficient (Wildman–Crippen LogP) is 3.70. The molecule has 0 aliphatic carbocycles. The van der Waals surface area contributed by atoms with Crippen molar-refractivity contribution < 1.29 is 4.39 Å². The van der Waals surface area contributed by atoms with Gasteiger partial charge in [0.05, 0.1) is 16.6 Å². The lowest BCUT2D eigenvalue weighted by Gasteiger charge is -2.16. The molecule has 0 aromatic carbocycles. The van der Waals surface area contributed by atoms with E-state index in [0.717, 1.165) is 21.2 Å². The van der Waals surface area contributed by atoms with Gasteiger partial charge in [0.25, 0.3) is 0 Å². The normalized spacial score (nSPS) is 14.0. The number of nitrogens with zero attached hydrogens (tertiary/aromatic N) is 5. The van der Waals surface area contributed by atoms with Gasteiger partial charge in [-0.05, 0) is 34.6 Å². The molecule has 0 saturated heterocycles. The van der Waals surface area contributed by atoms with Crippen LogP contribution in [-0.2, 0) is 5.67 Å². The third-order valence-corrected chi connectivity index (χ3v) is 4.97. The quantitative estimate of drug-likeness (QED) is 0.744. The Labute approximate surface area is 156 Å². The van der Waals surface area contributed by atoms with Gasteiger partial charge in [-0.1, -0.05) is 6.08 Å². The number of aromatic nitrogens is 4. The monoisotopic (exact) mass is 377 g/mol. The second kappa shape index (κ2) is 7.86. The van der Waals surface area contributed by atoms with E-state index in [-0.39, 0.29) is 23.8 Å². The van der Waals surface area contributed by atoms with Crippen molar-refractivity contribution in [1.82, 2.24) is 19.9 Å². The van der Waals surface area contributed by atoms with E-state index in [1.807, 2.05) is 26.8 Å². The van der Waals surface area contributed by atoms with Crippen LogP contribution in [0.15, 0.2) is 11.1 Å². The van der Waals surface area contributed by atoms with Gasteiger partial charge in [-0.3, -0.25) is 4.99 Å². The summed E-state index contributed by atoms with van der Waals surface area (Å²) in [6, 6.07) is -0.129. The van der Waals surface area contributed by atoms with Crippen LogP contribution in [0, 0.1) is 6.92 Å². The topological polar surface area (TPSA) is 102 Å². The van der Waals surface area contributed by atoms with Crippen molar-refractivity contribution in [1.29, 1.82) is 0 Å². The van der Waals surface area contributed by atoms with Gasteiger partial charge in [0.2, 0.25) is 11.9 Å². The Morgan fingerprint density at radius 1 is 1.31 bits per heavy atom. The van der Waals surface area contributed by atoms with E-state index in [0.29, 0.717) is 0 Å². The van der Waals surface area contributed by atoms with Gasteiger partial charge in [-0.15, -0.1) is 11.3 Å². The fraction of sp³-hybridized carbons (Fsp3) is 0.471. The second-order valence-electron chi connectivity index (χ2n) is 6.28. The number of aliphatic imine (C=N–C) groups is 1. The van der Waals surface area contributed by atoms with Crippen molar-refractivity contribution >= 4 is 35.0 Å². The number of allylic oxidation sites excluding steroid dienone is 2. The van der Waals surface area contributed by atoms with Crippen LogP contribution >= 0.6 is 11.3 Å². The number of aryl methyl sites for hydroxylation is 1. The zero-order valence-corrected chi connectivity index (χ0v) is 16.6. The molecule has 0 spiro atoms. The number of nitrogens with one attached hydrogen (secondary N) is 1. The third kappa shape index (κ3) is 4.60. The maximum absolute atomic E-state index is 14.1. The van der Waals surface area contributed by atoms with Gasteiger partial charge in [0.15, 0.2) is 11.5 Å². The van der Waals surface area contributed by atoms with Gasteiger partial charge in [-0.2, -0.15) is 15.0 Å². The third-order valence-electron chi connectivity index (χ3n) is 3.58. The molecular formula is C17H24FN7S. The molecule has 9 heteroatoms. The summed E-state index contributed by atoms with van der Waals surface area (Å²) in [7, 11) is 1.73. The molecule has 1 atom stereocenters. The number of halogens is 1. The Kier molecular flexibility index (Phi) is 6.01. The molecule has 0 fully saturated rings. The lowest BCUT2D eigenvalue weighted by molar-refractivity contribution is 0.206. The first-order valence-electron chi connectivity index (χ1n) is 8.19. The van der Waals surface area contributed by atoms with Crippen LogP contribution in [0.1, 0.15) is 55.1 Å². The van der Waals surface area contributed by atoms with Crippen molar-refractivity contribution in [2.45, 2.75) is 46.3 Å². The molecule has 0 bridgehead atoms. The van der Waals surface area contributed by atoms with Gasteiger partial charge in [-0.25, -0.2) is 9.37 Å². The van der Waals surface area contributed by atoms with Crippen LogP contribution in [0.3, 0.4) is 0 Å². The van der Waals surface area contributed by atoms with E-state index in [9.17, 15) is 4.39 Å². The number of hydrogen-bond acceptors (Lipinski definition) is 8. The van der Waals surface area contributed by atoms with Crippen LogP contribution in [0.5, 0.6) is 0 Å². The van der Waals surface area contributed by atoms with Crippen LogP contribution in [0.25, 0.3) is 5.57 Å². The van der Waals surface area contributed by atoms with Crippen LogP contribution in [0.2, 0.25) is 0 Å². The lowest BCUT2D eigenvalue weighted by Crippen LogP contribution is -2.19. The maximum Gasteiger partial charge on any atom is 0.228 e. The number of alkyl halides is 1. The number of nitrogen functional groups attached to an aromatic ring is 1. The summed E-state index contributed by atoms with van der Waals surface area (Å²) in [5.41, 5.74) is 5.86. The zero-order valence-electron chi connectivity index (χ0n) is 15.8. The molecule has 2 aromatic heterocycles. The summed E-state index contributed by atoms with van der Waals surface area (Å²) in [4.78, 5) is 21.8. The summed E-state index contributed by atoms with van der Waals surface area (Å²) in [6.07, 6.45) is 3.75. The van der Waals surface area contributed by atoms with E-state index in [1.54, 1.807) is 24.6 Å². The Bertz CT molecular complexity index is 836. The smallest absolute Gasteiger partial charge is 0.228 e. The molecular weight excluding hydrogens is 353 g/mol. The standard InChI is InChI=1S/C17H24FN7S/c1-7-11(8-20-6)13-21-9(2)12(26-13)10(3)22-16-24-14(17(4,5)18)23-15(19)25-16/h7-8,10H,1-6H3,(H3,19,22,23,24,25)/b11-7+,20-8-. The van der Waals surface area contributed by atoms with Gasteiger partial charge < -0.3 is 11.1 Å². The van der Waals surface area contributed by atoms with E-state index >= 15 is 0 Å². The first-order chi connectivity index (χ1) is 12.2. The van der Waals surface area contributed by atoms with E-state index in [4.69, 9.17) is 5.73 Å². The molecule has 0 aliphatic rings. The van der Waals surface area contributed by atoms with Crippen LogP contribution in [-0.4, -0.2) is 33.2 Å². The molecule has 3 N–H and O–H groups in total. The summed E-state index contributed by atoms with van der Waals surface area (Å²) in [5, 5.41) is 4.05. The first-order valence-corrected chi connectivity index (χ1v) is 9.01. The van der Waals surface area contributed by atoms with Crippen molar-refractivity contribution in [2.75, 3.05) is 18.1 Å². The van der Waals surface area contributed by atoms with Gasteiger partial charge >= 0.3 is 0 Å². The number of hydrogen-bond donors (Lipinski definition) is 2. The fourth-order valence-electron chi connectivity index (χ4n) is 2.31. The van der Waals surface area contributed by atoms with Crippen molar-refractivity contribution in [3.05, 3.63) is 27.5 Å². The highest BCUT2D eigenvalue weighted by molar-refractivity contribution is 7.13. The number of anilines is 2. The lowest BCUT2D eigenvalue weighted by atomic mass is 10.1. The molecule has 140 valence electrons. The van der Waals surface area contributed by atoms with Crippen molar-refractivity contribution in [3.63, 3.8) is 0 Å². The van der Waals surface area contributed by atoms with Crippen molar-refractivity contribution in [2.24, 2.45) is 4.99 Å². The second-order valence-corrected chi connectivity index (χ2v) is 7.31. The average Bonchev–Trinajstić information content (AvgIpc) is 2.93. The van der Waals surface area contributed by atoms with E-state index in [2.05, 4.69) is 30.2 Å². The summed E-state index contributed by atoms with van der Waals surface area (Å²) < 4.78 is 14.1. The first kappa shape index (κ1) is 19.9.